The highest BCUT2D eigenvalue weighted by Gasteiger charge is 2.46. The first-order chi connectivity index (χ1) is 11.7. The molecule has 3 aliphatic rings. The van der Waals surface area contributed by atoms with E-state index < -0.39 is 0 Å². The number of carbonyl (C=O) groups excluding carboxylic acids is 1. The van der Waals surface area contributed by atoms with E-state index in [9.17, 15) is 9.90 Å². The van der Waals surface area contributed by atoms with Crippen molar-refractivity contribution >= 4 is 27.5 Å². The number of nitrogens with zero attached hydrogens (tertiary/aromatic N) is 1. The topological polar surface area (TPSA) is 52.6 Å². The number of carbonyl (C=O) groups is 1. The molecule has 2 fully saturated rings. The number of nitrogens with one attached hydrogen (secondary N) is 1. The number of hydrogen-bond donors (Lipinski definition) is 2. The van der Waals surface area contributed by atoms with Gasteiger partial charge in [-0.15, -0.1) is 0 Å². The maximum Gasteiger partial charge on any atom is 0.226 e. The molecule has 4 nitrogen and oxygen atoms in total. The van der Waals surface area contributed by atoms with Gasteiger partial charge in [-0.1, -0.05) is 35.2 Å². The third-order valence-corrected chi connectivity index (χ3v) is 6.56. The second-order valence-electron chi connectivity index (χ2n) is 7.43. The number of fused-ring (bicyclic) bond motifs is 3. The van der Waals surface area contributed by atoms with Gasteiger partial charge >= 0.3 is 0 Å². The molecule has 0 bridgehead atoms. The van der Waals surface area contributed by atoms with Crippen LogP contribution in [0.1, 0.15) is 50.1 Å². The first-order valence-electron chi connectivity index (χ1n) is 9.16. The molecule has 0 aromatic heterocycles. The van der Waals surface area contributed by atoms with Crippen LogP contribution in [-0.2, 0) is 4.79 Å². The van der Waals surface area contributed by atoms with Gasteiger partial charge in [0, 0.05) is 28.5 Å². The summed E-state index contributed by atoms with van der Waals surface area (Å²) < 4.78 is 1.04. The summed E-state index contributed by atoms with van der Waals surface area (Å²) in [6, 6.07) is 6.35. The number of likely N-dealkylation sites (tertiary alicyclic amines) is 1. The van der Waals surface area contributed by atoms with E-state index in [1.54, 1.807) is 0 Å². The van der Waals surface area contributed by atoms with Gasteiger partial charge in [-0.05, 0) is 43.0 Å². The van der Waals surface area contributed by atoms with Crippen molar-refractivity contribution in [3.63, 3.8) is 0 Å². The van der Waals surface area contributed by atoms with E-state index in [0.717, 1.165) is 36.0 Å². The fraction of sp³-hybridized carbons (Fsp3) is 0.632. The molecule has 1 saturated heterocycles. The zero-order valence-corrected chi connectivity index (χ0v) is 15.5. The lowest BCUT2D eigenvalue weighted by Gasteiger charge is -2.40. The summed E-state index contributed by atoms with van der Waals surface area (Å²) in [5.41, 5.74) is 2.25. The average molecular weight is 393 g/mol. The van der Waals surface area contributed by atoms with E-state index in [-0.39, 0.29) is 24.6 Å². The highest BCUT2D eigenvalue weighted by atomic mass is 79.9. The second kappa shape index (κ2) is 6.68. The number of halogens is 1. The van der Waals surface area contributed by atoms with E-state index in [1.807, 2.05) is 6.07 Å². The van der Waals surface area contributed by atoms with Gasteiger partial charge in [0.1, 0.15) is 0 Å². The summed E-state index contributed by atoms with van der Waals surface area (Å²) in [5, 5.41) is 13.3. The molecular formula is C19H25BrN2O2. The SMILES string of the molecule is O=C(C1CCCCC1)N1CC[C@@H]2[C@H]1c1cc(Br)ccc1N[C@@H]2CO. The summed E-state index contributed by atoms with van der Waals surface area (Å²) in [6.07, 6.45) is 6.68. The predicted octanol–water partition coefficient (Wildman–Crippen LogP) is 3.71. The lowest BCUT2D eigenvalue weighted by molar-refractivity contribution is -0.138. The molecule has 0 unspecified atom stereocenters. The Hall–Kier alpha value is -1.07. The number of rotatable bonds is 2. The molecule has 1 saturated carbocycles. The van der Waals surface area contributed by atoms with Crippen LogP contribution >= 0.6 is 15.9 Å². The molecule has 1 amide bonds. The molecule has 3 atom stereocenters. The summed E-state index contributed by atoms with van der Waals surface area (Å²) in [6.45, 7) is 0.928. The maximum atomic E-state index is 13.2. The van der Waals surface area contributed by atoms with Crippen LogP contribution in [0.15, 0.2) is 22.7 Å². The highest BCUT2D eigenvalue weighted by molar-refractivity contribution is 9.10. The Balaban J connectivity index is 1.67. The number of aliphatic hydroxyl groups is 1. The minimum atomic E-state index is 0.0350. The second-order valence-corrected chi connectivity index (χ2v) is 8.34. The van der Waals surface area contributed by atoms with Crippen molar-refractivity contribution in [1.29, 1.82) is 0 Å². The van der Waals surface area contributed by atoms with Gasteiger partial charge in [0.25, 0.3) is 0 Å². The fourth-order valence-electron chi connectivity index (χ4n) is 4.86. The molecule has 2 aliphatic heterocycles. The van der Waals surface area contributed by atoms with Crippen molar-refractivity contribution in [2.24, 2.45) is 11.8 Å². The monoisotopic (exact) mass is 392 g/mol. The molecular weight excluding hydrogens is 368 g/mol. The molecule has 1 aromatic carbocycles. The standard InChI is InChI=1S/C19H25BrN2O2/c20-13-6-7-16-15(10-13)18-14(17(11-23)21-16)8-9-22(18)19(24)12-4-2-1-3-5-12/h6-7,10,12,14,17-18,21,23H,1-5,8-9,11H2/t14-,17+,18-/m0/s1. The number of amides is 1. The third-order valence-electron chi connectivity index (χ3n) is 6.07. The van der Waals surface area contributed by atoms with Gasteiger partial charge in [-0.25, -0.2) is 0 Å². The summed E-state index contributed by atoms with van der Waals surface area (Å²) in [7, 11) is 0. The zero-order valence-electron chi connectivity index (χ0n) is 13.9. The Kier molecular flexibility index (Phi) is 4.56. The summed E-state index contributed by atoms with van der Waals surface area (Å²) >= 11 is 3.57. The largest absolute Gasteiger partial charge is 0.394 e. The average Bonchev–Trinajstić information content (AvgIpc) is 3.06. The Morgan fingerprint density at radius 2 is 2.04 bits per heavy atom. The molecule has 1 aliphatic carbocycles. The maximum absolute atomic E-state index is 13.2. The summed E-state index contributed by atoms with van der Waals surface area (Å²) in [4.78, 5) is 15.3. The van der Waals surface area contributed by atoms with Crippen molar-refractivity contribution in [2.75, 3.05) is 18.5 Å². The molecule has 2 heterocycles. The van der Waals surface area contributed by atoms with Crippen molar-refractivity contribution < 1.29 is 9.90 Å². The Labute approximate surface area is 151 Å². The van der Waals surface area contributed by atoms with Crippen LogP contribution in [0, 0.1) is 11.8 Å². The first-order valence-corrected chi connectivity index (χ1v) is 9.95. The van der Waals surface area contributed by atoms with Crippen molar-refractivity contribution in [1.82, 2.24) is 4.90 Å². The molecule has 130 valence electrons. The van der Waals surface area contributed by atoms with Crippen LogP contribution in [-0.4, -0.2) is 35.1 Å². The van der Waals surface area contributed by atoms with Gasteiger partial charge in [0.15, 0.2) is 0 Å². The van der Waals surface area contributed by atoms with Gasteiger partial charge in [0.2, 0.25) is 5.91 Å². The number of anilines is 1. The Morgan fingerprint density at radius 3 is 2.79 bits per heavy atom. The van der Waals surface area contributed by atoms with Crippen molar-refractivity contribution in [3.05, 3.63) is 28.2 Å². The van der Waals surface area contributed by atoms with Crippen LogP contribution in [0.3, 0.4) is 0 Å². The minimum Gasteiger partial charge on any atom is -0.394 e. The van der Waals surface area contributed by atoms with Gasteiger partial charge in [-0.2, -0.15) is 0 Å². The van der Waals surface area contributed by atoms with E-state index in [0.29, 0.717) is 11.8 Å². The highest BCUT2D eigenvalue weighted by Crippen LogP contribution is 2.48. The number of aliphatic hydroxyl groups excluding tert-OH is 1. The fourth-order valence-corrected chi connectivity index (χ4v) is 5.24. The Bertz CT molecular complexity index is 630. The van der Waals surface area contributed by atoms with Gasteiger partial charge in [-0.3, -0.25) is 4.79 Å². The van der Waals surface area contributed by atoms with Crippen LogP contribution in [0.4, 0.5) is 5.69 Å². The summed E-state index contributed by atoms with van der Waals surface area (Å²) in [5.74, 6) is 0.839. The lowest BCUT2D eigenvalue weighted by atomic mass is 9.82. The number of benzene rings is 1. The molecule has 5 heteroatoms. The third kappa shape index (κ3) is 2.76. The molecule has 2 N–H and O–H groups in total. The van der Waals surface area contributed by atoms with Crippen LogP contribution < -0.4 is 5.32 Å². The normalized spacial score (nSPS) is 29.8. The smallest absolute Gasteiger partial charge is 0.226 e. The predicted molar refractivity (Wildman–Crippen MR) is 97.8 cm³/mol. The molecule has 0 spiro atoms. The molecule has 1 aromatic rings. The van der Waals surface area contributed by atoms with E-state index >= 15 is 0 Å². The van der Waals surface area contributed by atoms with Crippen molar-refractivity contribution in [3.8, 4) is 0 Å². The van der Waals surface area contributed by atoms with Gasteiger partial charge in [0.05, 0.1) is 18.7 Å². The Morgan fingerprint density at radius 1 is 1.25 bits per heavy atom. The molecule has 4 rings (SSSR count). The number of hydrogen-bond acceptors (Lipinski definition) is 3. The van der Waals surface area contributed by atoms with Crippen molar-refractivity contribution in [2.45, 2.75) is 50.6 Å². The molecule has 0 radical (unpaired) electrons. The zero-order chi connectivity index (χ0) is 16.7. The van der Waals surface area contributed by atoms with E-state index in [4.69, 9.17) is 0 Å². The van der Waals surface area contributed by atoms with Crippen LogP contribution in [0.25, 0.3) is 0 Å². The van der Waals surface area contributed by atoms with E-state index in [1.165, 1.54) is 24.8 Å². The first kappa shape index (κ1) is 16.4. The minimum absolute atomic E-state index is 0.0350. The molecule has 24 heavy (non-hydrogen) atoms. The van der Waals surface area contributed by atoms with E-state index in [2.05, 4.69) is 38.3 Å². The van der Waals surface area contributed by atoms with Crippen LogP contribution in [0.5, 0.6) is 0 Å². The van der Waals surface area contributed by atoms with Gasteiger partial charge < -0.3 is 15.3 Å². The van der Waals surface area contributed by atoms with Crippen LogP contribution in [0.2, 0.25) is 0 Å². The lowest BCUT2D eigenvalue weighted by Crippen LogP contribution is -2.44. The quantitative estimate of drug-likeness (QED) is 0.806.